The lowest BCUT2D eigenvalue weighted by Gasteiger charge is -2.28. The molecule has 2 rings (SSSR count). The summed E-state index contributed by atoms with van der Waals surface area (Å²) in [5.74, 6) is 1.56. The van der Waals surface area contributed by atoms with Crippen LogP contribution in [0.25, 0.3) is 0 Å². The van der Waals surface area contributed by atoms with E-state index in [1.807, 2.05) is 12.1 Å². The topological polar surface area (TPSA) is 42.5 Å². The van der Waals surface area contributed by atoms with Crippen LogP contribution in [0.5, 0.6) is 11.5 Å². The molecule has 1 fully saturated rings. The van der Waals surface area contributed by atoms with Gasteiger partial charge in [-0.2, -0.15) is 0 Å². The summed E-state index contributed by atoms with van der Waals surface area (Å²) in [6.07, 6.45) is 0. The van der Waals surface area contributed by atoms with E-state index in [0.29, 0.717) is 6.04 Å². The maximum Gasteiger partial charge on any atom is 0.161 e. The Bertz CT molecular complexity index is 351. The van der Waals surface area contributed by atoms with E-state index >= 15 is 0 Å². The lowest BCUT2D eigenvalue weighted by molar-refractivity contribution is 0.352. The van der Waals surface area contributed by atoms with Crippen molar-refractivity contribution in [1.82, 2.24) is 10.6 Å². The molecule has 1 aliphatic rings. The molecule has 0 aliphatic carbocycles. The summed E-state index contributed by atoms with van der Waals surface area (Å²) in [5, 5.41) is 6.70. The van der Waals surface area contributed by atoms with Gasteiger partial charge in [0.05, 0.1) is 14.2 Å². The molecule has 0 bridgehead atoms. The van der Waals surface area contributed by atoms with Gasteiger partial charge < -0.3 is 20.1 Å². The highest BCUT2D eigenvalue weighted by Crippen LogP contribution is 2.27. The van der Waals surface area contributed by atoms with E-state index in [2.05, 4.69) is 16.7 Å². The Morgan fingerprint density at radius 3 is 2.56 bits per heavy atom. The van der Waals surface area contributed by atoms with Gasteiger partial charge in [-0.15, -0.1) is 0 Å². The van der Waals surface area contributed by atoms with Gasteiger partial charge in [-0.3, -0.25) is 0 Å². The van der Waals surface area contributed by atoms with Crippen molar-refractivity contribution in [3.63, 3.8) is 0 Å². The maximum absolute atomic E-state index is 5.26. The van der Waals surface area contributed by atoms with Crippen LogP contribution >= 0.6 is 0 Å². The van der Waals surface area contributed by atoms with Gasteiger partial charge in [0.15, 0.2) is 11.5 Å². The number of hydrogen-bond acceptors (Lipinski definition) is 4. The van der Waals surface area contributed by atoms with Crippen molar-refractivity contribution in [2.24, 2.45) is 0 Å². The van der Waals surface area contributed by atoms with Crippen molar-refractivity contribution in [1.29, 1.82) is 0 Å². The van der Waals surface area contributed by atoms with Gasteiger partial charge in [0.2, 0.25) is 0 Å². The minimum absolute atomic E-state index is 0.605. The highest BCUT2D eigenvalue weighted by atomic mass is 16.5. The predicted molar refractivity (Wildman–Crippen MR) is 63.0 cm³/mol. The zero-order chi connectivity index (χ0) is 11.4. The molecule has 0 amide bonds. The minimum atomic E-state index is 0.605. The molecule has 1 aliphatic heterocycles. The number of nitrogens with one attached hydrogen (secondary N) is 2. The molecule has 0 aromatic heterocycles. The van der Waals surface area contributed by atoms with Crippen LogP contribution in [0.3, 0.4) is 0 Å². The Balaban J connectivity index is 1.97. The van der Waals surface area contributed by atoms with Crippen LogP contribution in [0.1, 0.15) is 5.56 Å². The highest BCUT2D eigenvalue weighted by molar-refractivity contribution is 5.42. The standard InChI is InChI=1S/C12H18N2O2/c1-15-11-4-3-9(5-12(11)16-2)6-14-10-7-13-8-10/h3-5,10,13-14H,6-8H2,1-2H3. The first-order valence-electron chi connectivity index (χ1n) is 5.48. The molecule has 16 heavy (non-hydrogen) atoms. The first kappa shape index (κ1) is 11.2. The molecule has 1 heterocycles. The molecule has 0 saturated carbocycles. The first-order chi connectivity index (χ1) is 7.83. The summed E-state index contributed by atoms with van der Waals surface area (Å²) in [6.45, 7) is 2.99. The molecule has 1 aromatic carbocycles. The quantitative estimate of drug-likeness (QED) is 0.772. The third-order valence-electron chi connectivity index (χ3n) is 2.82. The van der Waals surface area contributed by atoms with Gasteiger partial charge in [-0.25, -0.2) is 0 Å². The largest absolute Gasteiger partial charge is 0.493 e. The third kappa shape index (κ3) is 2.46. The van der Waals surface area contributed by atoms with Crippen LogP contribution in [0.4, 0.5) is 0 Å². The highest BCUT2D eigenvalue weighted by Gasteiger charge is 2.15. The minimum Gasteiger partial charge on any atom is -0.493 e. The van der Waals surface area contributed by atoms with E-state index in [9.17, 15) is 0 Å². The van der Waals surface area contributed by atoms with Gasteiger partial charge in [-0.1, -0.05) is 6.07 Å². The molecule has 0 spiro atoms. The van der Waals surface area contributed by atoms with Crippen molar-refractivity contribution in [3.05, 3.63) is 23.8 Å². The fourth-order valence-corrected chi connectivity index (χ4v) is 1.69. The van der Waals surface area contributed by atoms with Gasteiger partial charge in [0.25, 0.3) is 0 Å². The Labute approximate surface area is 95.9 Å². The second kappa shape index (κ2) is 5.18. The normalized spacial score (nSPS) is 15.6. The summed E-state index contributed by atoms with van der Waals surface area (Å²) >= 11 is 0. The number of methoxy groups -OCH3 is 2. The molecule has 0 atom stereocenters. The second-order valence-electron chi connectivity index (χ2n) is 3.93. The van der Waals surface area contributed by atoms with Gasteiger partial charge >= 0.3 is 0 Å². The van der Waals surface area contributed by atoms with E-state index in [4.69, 9.17) is 9.47 Å². The summed E-state index contributed by atoms with van der Waals surface area (Å²) in [5.41, 5.74) is 1.21. The summed E-state index contributed by atoms with van der Waals surface area (Å²) in [6, 6.07) is 6.61. The van der Waals surface area contributed by atoms with Crippen LogP contribution < -0.4 is 20.1 Å². The Kier molecular flexibility index (Phi) is 3.64. The zero-order valence-corrected chi connectivity index (χ0v) is 9.75. The van der Waals surface area contributed by atoms with E-state index < -0.39 is 0 Å². The van der Waals surface area contributed by atoms with Crippen LogP contribution in [-0.4, -0.2) is 33.4 Å². The average Bonchev–Trinajstić information content (AvgIpc) is 2.26. The van der Waals surface area contributed by atoms with Crippen molar-refractivity contribution in [2.75, 3.05) is 27.3 Å². The van der Waals surface area contributed by atoms with Crippen molar-refractivity contribution >= 4 is 0 Å². The molecule has 0 unspecified atom stereocenters. The number of rotatable bonds is 5. The number of ether oxygens (including phenoxy) is 2. The van der Waals surface area contributed by atoms with Crippen molar-refractivity contribution in [2.45, 2.75) is 12.6 Å². The Morgan fingerprint density at radius 2 is 2.00 bits per heavy atom. The molecule has 0 radical (unpaired) electrons. The van der Waals surface area contributed by atoms with Gasteiger partial charge in [0.1, 0.15) is 0 Å². The van der Waals surface area contributed by atoms with Gasteiger partial charge in [-0.05, 0) is 17.7 Å². The Morgan fingerprint density at radius 1 is 1.25 bits per heavy atom. The second-order valence-corrected chi connectivity index (χ2v) is 3.93. The van der Waals surface area contributed by atoms with E-state index in [0.717, 1.165) is 31.1 Å². The first-order valence-corrected chi connectivity index (χ1v) is 5.48. The smallest absolute Gasteiger partial charge is 0.161 e. The van der Waals surface area contributed by atoms with E-state index in [-0.39, 0.29) is 0 Å². The molecule has 1 saturated heterocycles. The molecular weight excluding hydrogens is 204 g/mol. The predicted octanol–water partition coefficient (Wildman–Crippen LogP) is 0.765. The fourth-order valence-electron chi connectivity index (χ4n) is 1.69. The third-order valence-corrected chi connectivity index (χ3v) is 2.82. The maximum atomic E-state index is 5.26. The molecule has 4 nitrogen and oxygen atoms in total. The molecule has 2 N–H and O–H groups in total. The van der Waals surface area contributed by atoms with Gasteiger partial charge in [0, 0.05) is 25.7 Å². The molecule has 4 heteroatoms. The zero-order valence-electron chi connectivity index (χ0n) is 9.75. The van der Waals surface area contributed by atoms with Crippen molar-refractivity contribution in [3.8, 4) is 11.5 Å². The van der Waals surface area contributed by atoms with Crippen LogP contribution in [0.15, 0.2) is 18.2 Å². The van der Waals surface area contributed by atoms with Crippen LogP contribution in [0, 0.1) is 0 Å². The van der Waals surface area contributed by atoms with Crippen LogP contribution in [0.2, 0.25) is 0 Å². The SMILES string of the molecule is COc1ccc(CNC2CNC2)cc1OC. The summed E-state index contributed by atoms with van der Waals surface area (Å²) in [7, 11) is 3.31. The Hall–Kier alpha value is -1.26. The lowest BCUT2D eigenvalue weighted by atomic mass is 10.1. The average molecular weight is 222 g/mol. The molecule has 88 valence electrons. The van der Waals surface area contributed by atoms with E-state index in [1.165, 1.54) is 5.56 Å². The van der Waals surface area contributed by atoms with Crippen LogP contribution in [-0.2, 0) is 6.54 Å². The molecule has 1 aromatic rings. The summed E-state index contributed by atoms with van der Waals surface area (Å²) < 4.78 is 10.5. The number of benzene rings is 1. The fraction of sp³-hybridized carbons (Fsp3) is 0.500. The lowest BCUT2D eigenvalue weighted by Crippen LogP contribution is -2.54. The monoisotopic (exact) mass is 222 g/mol. The van der Waals surface area contributed by atoms with E-state index in [1.54, 1.807) is 14.2 Å². The summed E-state index contributed by atoms with van der Waals surface area (Å²) in [4.78, 5) is 0. The van der Waals surface area contributed by atoms with Crippen molar-refractivity contribution < 1.29 is 9.47 Å². The molecular formula is C12H18N2O2. The number of hydrogen-bond donors (Lipinski definition) is 2.